The normalized spacial score (nSPS) is 10.8. The monoisotopic (exact) mass is 361 g/mol. The molecule has 0 aliphatic heterocycles. The molecule has 0 aliphatic rings. The Bertz CT molecular complexity index is 913. The number of amides is 1. The number of benzene rings is 2. The molecule has 0 atom stereocenters. The van der Waals surface area contributed by atoms with Gasteiger partial charge in [0.25, 0.3) is 5.91 Å². The van der Waals surface area contributed by atoms with Crippen LogP contribution in [0.1, 0.15) is 15.9 Å². The van der Waals surface area contributed by atoms with Crippen molar-refractivity contribution in [2.75, 3.05) is 18.5 Å². The van der Waals surface area contributed by atoms with Gasteiger partial charge in [0.2, 0.25) is 0 Å². The number of rotatable bonds is 6. The first-order chi connectivity index (χ1) is 12.1. The summed E-state index contributed by atoms with van der Waals surface area (Å²) in [5.74, 6) is -0.917. The van der Waals surface area contributed by atoms with Gasteiger partial charge in [0.1, 0.15) is 5.82 Å². The molecule has 130 valence electrons. The van der Waals surface area contributed by atoms with Gasteiger partial charge < -0.3 is 10.4 Å². The fraction of sp³-hybridized carbons (Fsp3) is 0.176. The van der Waals surface area contributed by atoms with Crippen molar-refractivity contribution >= 4 is 38.9 Å². The van der Waals surface area contributed by atoms with E-state index in [9.17, 15) is 9.18 Å². The van der Waals surface area contributed by atoms with Gasteiger partial charge >= 0.3 is 0 Å². The van der Waals surface area contributed by atoms with Crippen LogP contribution in [-0.4, -0.2) is 28.6 Å². The lowest BCUT2D eigenvalue weighted by Gasteiger charge is -2.14. The number of nitrogens with zero attached hydrogens (tertiary/aromatic N) is 1. The summed E-state index contributed by atoms with van der Waals surface area (Å²) in [4.78, 5) is 17.2. The van der Waals surface area contributed by atoms with Gasteiger partial charge in [-0.15, -0.1) is 0 Å². The molecular formula is C17H16FN3O3S. The minimum Gasteiger partial charge on any atom is -0.394 e. The van der Waals surface area contributed by atoms with Gasteiger partial charge in [0.15, 0.2) is 0 Å². The van der Waals surface area contributed by atoms with Crippen LogP contribution in [0.25, 0.3) is 10.1 Å². The molecule has 2 aromatic carbocycles. The van der Waals surface area contributed by atoms with Gasteiger partial charge in [-0.3, -0.25) is 9.63 Å². The molecule has 0 aliphatic carbocycles. The summed E-state index contributed by atoms with van der Waals surface area (Å²) in [7, 11) is 0. The molecule has 0 saturated carbocycles. The van der Waals surface area contributed by atoms with E-state index in [1.54, 1.807) is 37.4 Å². The highest BCUT2D eigenvalue weighted by Gasteiger charge is 2.17. The standard InChI is InChI=1S/C17H16FN3O3S/c1-10-2-4-14(13(18)8-10)20-16-11(17(23)21-24-7-6-22)3-5-15-12(16)9-19-25-15/h2-5,8-9,20,22H,6-7H2,1H3,(H,21,23). The van der Waals surface area contributed by atoms with Crippen molar-refractivity contribution in [2.45, 2.75) is 6.92 Å². The van der Waals surface area contributed by atoms with Gasteiger partial charge in [0, 0.05) is 5.39 Å². The molecule has 0 saturated heterocycles. The first-order valence-electron chi connectivity index (χ1n) is 7.53. The largest absolute Gasteiger partial charge is 0.394 e. The summed E-state index contributed by atoms with van der Waals surface area (Å²) < 4.78 is 19.2. The number of halogens is 1. The van der Waals surface area contributed by atoms with Crippen LogP contribution in [0.5, 0.6) is 0 Å². The van der Waals surface area contributed by atoms with Gasteiger partial charge in [-0.1, -0.05) is 6.07 Å². The smallest absolute Gasteiger partial charge is 0.276 e. The molecule has 25 heavy (non-hydrogen) atoms. The number of hydroxylamine groups is 1. The second-order valence-electron chi connectivity index (χ2n) is 5.34. The average Bonchev–Trinajstić information content (AvgIpc) is 3.06. The number of carbonyl (C=O) groups is 1. The quantitative estimate of drug-likeness (QED) is 0.464. The number of aliphatic hydroxyl groups excluding tert-OH is 1. The molecule has 6 nitrogen and oxygen atoms in total. The Morgan fingerprint density at radius 1 is 1.36 bits per heavy atom. The van der Waals surface area contributed by atoms with Crippen LogP contribution in [0.2, 0.25) is 0 Å². The zero-order valence-electron chi connectivity index (χ0n) is 13.4. The van der Waals surface area contributed by atoms with Crippen LogP contribution in [0.4, 0.5) is 15.8 Å². The Morgan fingerprint density at radius 3 is 2.96 bits per heavy atom. The maximum absolute atomic E-state index is 14.2. The molecule has 3 aromatic rings. The highest BCUT2D eigenvalue weighted by molar-refractivity contribution is 7.13. The molecule has 0 fully saturated rings. The van der Waals surface area contributed by atoms with Crippen molar-refractivity contribution < 1.29 is 19.1 Å². The molecule has 0 spiro atoms. The Morgan fingerprint density at radius 2 is 2.20 bits per heavy atom. The minimum atomic E-state index is -0.503. The predicted molar refractivity (Wildman–Crippen MR) is 94.5 cm³/mol. The molecule has 1 aromatic heterocycles. The first kappa shape index (κ1) is 17.3. The Labute approximate surface area is 147 Å². The van der Waals surface area contributed by atoms with Crippen molar-refractivity contribution in [3.05, 3.63) is 53.5 Å². The Balaban J connectivity index is 2.00. The van der Waals surface area contributed by atoms with E-state index in [2.05, 4.69) is 15.2 Å². The van der Waals surface area contributed by atoms with Crippen LogP contribution in [0.15, 0.2) is 36.5 Å². The zero-order valence-corrected chi connectivity index (χ0v) is 14.2. The molecule has 0 bridgehead atoms. The molecule has 0 unspecified atom stereocenters. The van der Waals surface area contributed by atoms with E-state index < -0.39 is 11.7 Å². The van der Waals surface area contributed by atoms with Crippen LogP contribution in [-0.2, 0) is 4.84 Å². The van der Waals surface area contributed by atoms with Crippen molar-refractivity contribution in [1.29, 1.82) is 0 Å². The zero-order chi connectivity index (χ0) is 17.8. The average molecular weight is 361 g/mol. The molecular weight excluding hydrogens is 345 g/mol. The summed E-state index contributed by atoms with van der Waals surface area (Å²) in [6.45, 7) is 1.56. The van der Waals surface area contributed by atoms with E-state index in [-0.39, 0.29) is 24.5 Å². The molecule has 0 radical (unpaired) electrons. The molecule has 3 rings (SSSR count). The number of anilines is 2. The van der Waals surface area contributed by atoms with Crippen LogP contribution < -0.4 is 10.8 Å². The number of aromatic nitrogens is 1. The fourth-order valence-electron chi connectivity index (χ4n) is 2.34. The number of nitrogens with one attached hydrogen (secondary N) is 2. The maximum atomic E-state index is 14.2. The predicted octanol–water partition coefficient (Wildman–Crippen LogP) is 3.14. The second kappa shape index (κ2) is 7.56. The molecule has 1 amide bonds. The lowest BCUT2D eigenvalue weighted by molar-refractivity contribution is 0.0169. The summed E-state index contributed by atoms with van der Waals surface area (Å²) in [5.41, 5.74) is 4.04. The van der Waals surface area contributed by atoms with Crippen LogP contribution >= 0.6 is 11.5 Å². The van der Waals surface area contributed by atoms with Crippen molar-refractivity contribution in [1.82, 2.24) is 9.85 Å². The third-order valence-corrected chi connectivity index (χ3v) is 4.29. The van der Waals surface area contributed by atoms with Crippen molar-refractivity contribution in [3.63, 3.8) is 0 Å². The van der Waals surface area contributed by atoms with Gasteiger partial charge in [-0.25, -0.2) is 9.87 Å². The number of fused-ring (bicyclic) bond motifs is 1. The number of hydrogen-bond donors (Lipinski definition) is 3. The van der Waals surface area contributed by atoms with E-state index >= 15 is 0 Å². The van der Waals surface area contributed by atoms with Gasteiger partial charge in [-0.05, 0) is 48.3 Å². The number of carbonyl (C=O) groups excluding carboxylic acids is 1. The van der Waals surface area contributed by atoms with Gasteiger partial charge in [0.05, 0.1) is 41.0 Å². The lowest BCUT2D eigenvalue weighted by atomic mass is 10.1. The highest BCUT2D eigenvalue weighted by atomic mass is 32.1. The Kier molecular flexibility index (Phi) is 5.22. The van der Waals surface area contributed by atoms with E-state index in [4.69, 9.17) is 9.94 Å². The fourth-order valence-corrected chi connectivity index (χ4v) is 2.99. The SMILES string of the molecule is Cc1ccc(Nc2c(C(=O)NOCCO)ccc3sncc23)c(F)c1. The number of aryl methyl sites for hydroxylation is 1. The summed E-state index contributed by atoms with van der Waals surface area (Å²) in [5, 5.41) is 12.4. The topological polar surface area (TPSA) is 83.5 Å². The van der Waals surface area contributed by atoms with E-state index in [1.165, 1.54) is 17.6 Å². The summed E-state index contributed by atoms with van der Waals surface area (Å²) >= 11 is 1.28. The van der Waals surface area contributed by atoms with Crippen molar-refractivity contribution in [2.24, 2.45) is 0 Å². The lowest BCUT2D eigenvalue weighted by Crippen LogP contribution is -2.25. The van der Waals surface area contributed by atoms with E-state index in [0.29, 0.717) is 11.1 Å². The molecule has 1 heterocycles. The second-order valence-corrected chi connectivity index (χ2v) is 6.17. The minimum absolute atomic E-state index is 0.0245. The van der Waals surface area contributed by atoms with E-state index in [0.717, 1.165) is 10.3 Å². The highest BCUT2D eigenvalue weighted by Crippen LogP contribution is 2.33. The summed E-state index contributed by atoms with van der Waals surface area (Å²) in [6, 6.07) is 8.20. The third kappa shape index (κ3) is 3.76. The first-order valence-corrected chi connectivity index (χ1v) is 8.31. The molecule has 8 heteroatoms. The van der Waals surface area contributed by atoms with Crippen molar-refractivity contribution in [3.8, 4) is 0 Å². The van der Waals surface area contributed by atoms with Gasteiger partial charge in [-0.2, -0.15) is 4.37 Å². The number of aliphatic hydroxyl groups is 1. The Hall–Kier alpha value is -2.55. The van der Waals surface area contributed by atoms with Crippen LogP contribution in [0, 0.1) is 12.7 Å². The molecule has 3 N–H and O–H groups in total. The number of hydrogen-bond acceptors (Lipinski definition) is 6. The third-order valence-electron chi connectivity index (χ3n) is 3.53. The summed E-state index contributed by atoms with van der Waals surface area (Å²) in [6.07, 6.45) is 1.62. The maximum Gasteiger partial charge on any atom is 0.276 e. The van der Waals surface area contributed by atoms with E-state index in [1.807, 2.05) is 0 Å². The van der Waals surface area contributed by atoms with Crippen LogP contribution in [0.3, 0.4) is 0 Å².